The molecule has 0 aliphatic heterocycles. The molecule has 2 aromatic rings. The first-order chi connectivity index (χ1) is 8.69. The second-order valence-corrected chi connectivity index (χ2v) is 6.72. The number of anilines is 2. The normalized spacial score (nSPS) is 10.4. The number of hydrogen-bond acceptors (Lipinski definition) is 3. The van der Waals surface area contributed by atoms with E-state index in [0.717, 1.165) is 18.7 Å². The number of hydrogen-bond donors (Lipinski definition) is 1. The standard InChI is InChI=1S/C14H17BrN2S/c1-16-11-3-5-12(6-4-11)17(2)10-9-13-7-8-14(15)18-13/h3-8,16H,9-10H2,1-2H3. The molecule has 0 aliphatic rings. The van der Waals surface area contributed by atoms with Gasteiger partial charge in [-0.25, -0.2) is 0 Å². The smallest absolute Gasteiger partial charge is 0.0701 e. The predicted octanol–water partition coefficient (Wildman–Crippen LogP) is 4.23. The molecular weight excluding hydrogens is 308 g/mol. The number of nitrogens with one attached hydrogen (secondary N) is 1. The first-order valence-electron chi connectivity index (χ1n) is 5.92. The van der Waals surface area contributed by atoms with E-state index in [-0.39, 0.29) is 0 Å². The molecule has 18 heavy (non-hydrogen) atoms. The Kier molecular flexibility index (Phi) is 4.66. The molecule has 4 heteroatoms. The summed E-state index contributed by atoms with van der Waals surface area (Å²) in [4.78, 5) is 3.70. The summed E-state index contributed by atoms with van der Waals surface area (Å²) in [6.07, 6.45) is 1.08. The van der Waals surface area contributed by atoms with Crippen LogP contribution in [0.3, 0.4) is 0 Å². The summed E-state index contributed by atoms with van der Waals surface area (Å²) in [5, 5.41) is 3.13. The molecular formula is C14H17BrN2S. The van der Waals surface area contributed by atoms with Gasteiger partial charge in [-0.05, 0) is 58.7 Å². The SMILES string of the molecule is CNc1ccc(N(C)CCc2ccc(Br)s2)cc1. The van der Waals surface area contributed by atoms with E-state index in [9.17, 15) is 0 Å². The van der Waals surface area contributed by atoms with Crippen LogP contribution < -0.4 is 10.2 Å². The minimum absolute atomic E-state index is 1.03. The fourth-order valence-corrected chi connectivity index (χ4v) is 3.25. The van der Waals surface area contributed by atoms with Gasteiger partial charge in [0.05, 0.1) is 3.79 Å². The maximum atomic E-state index is 3.50. The van der Waals surface area contributed by atoms with Gasteiger partial charge >= 0.3 is 0 Å². The average molecular weight is 325 g/mol. The third kappa shape index (κ3) is 3.50. The maximum absolute atomic E-state index is 3.50. The highest BCUT2D eigenvalue weighted by Crippen LogP contribution is 2.23. The second-order valence-electron chi connectivity index (χ2n) is 4.17. The van der Waals surface area contributed by atoms with Gasteiger partial charge in [0.1, 0.15) is 0 Å². The zero-order valence-electron chi connectivity index (χ0n) is 10.6. The van der Waals surface area contributed by atoms with Crippen molar-refractivity contribution in [2.24, 2.45) is 0 Å². The van der Waals surface area contributed by atoms with E-state index < -0.39 is 0 Å². The Hall–Kier alpha value is -1.00. The van der Waals surface area contributed by atoms with Crippen molar-refractivity contribution in [2.75, 3.05) is 30.9 Å². The molecule has 0 unspecified atom stereocenters. The van der Waals surface area contributed by atoms with Crippen LogP contribution >= 0.6 is 27.3 Å². The Bertz CT molecular complexity index is 493. The number of likely N-dealkylation sites (N-methyl/N-ethyl adjacent to an activating group) is 1. The molecule has 0 amide bonds. The molecule has 1 heterocycles. The number of benzene rings is 1. The molecule has 0 atom stereocenters. The van der Waals surface area contributed by atoms with Crippen LogP contribution in [0.2, 0.25) is 0 Å². The van der Waals surface area contributed by atoms with Crippen LogP contribution in [0.1, 0.15) is 4.88 Å². The zero-order valence-corrected chi connectivity index (χ0v) is 13.0. The molecule has 0 aliphatic carbocycles. The monoisotopic (exact) mass is 324 g/mol. The Balaban J connectivity index is 1.92. The van der Waals surface area contributed by atoms with E-state index in [2.05, 4.69) is 69.6 Å². The first-order valence-corrected chi connectivity index (χ1v) is 7.53. The lowest BCUT2D eigenvalue weighted by atomic mass is 10.2. The van der Waals surface area contributed by atoms with Gasteiger partial charge in [-0.3, -0.25) is 0 Å². The van der Waals surface area contributed by atoms with Gasteiger partial charge in [0, 0.05) is 36.9 Å². The van der Waals surface area contributed by atoms with E-state index in [1.165, 1.54) is 14.4 Å². The molecule has 1 N–H and O–H groups in total. The highest BCUT2D eigenvalue weighted by molar-refractivity contribution is 9.11. The fourth-order valence-electron chi connectivity index (χ4n) is 1.78. The number of rotatable bonds is 5. The summed E-state index contributed by atoms with van der Waals surface area (Å²) in [6.45, 7) is 1.03. The van der Waals surface area contributed by atoms with Crippen molar-refractivity contribution in [3.63, 3.8) is 0 Å². The number of nitrogens with zero attached hydrogens (tertiary/aromatic N) is 1. The molecule has 1 aromatic carbocycles. The van der Waals surface area contributed by atoms with Crippen molar-refractivity contribution in [1.82, 2.24) is 0 Å². The second kappa shape index (κ2) is 6.25. The Labute approximate surface area is 121 Å². The zero-order chi connectivity index (χ0) is 13.0. The van der Waals surface area contributed by atoms with Crippen LogP contribution in [0, 0.1) is 0 Å². The Morgan fingerprint density at radius 3 is 2.44 bits per heavy atom. The molecule has 96 valence electrons. The average Bonchev–Trinajstić information content (AvgIpc) is 2.82. The van der Waals surface area contributed by atoms with Crippen molar-refractivity contribution in [1.29, 1.82) is 0 Å². The molecule has 0 fully saturated rings. The van der Waals surface area contributed by atoms with Crippen molar-refractivity contribution in [3.8, 4) is 0 Å². The molecule has 2 rings (SSSR count). The Morgan fingerprint density at radius 2 is 1.89 bits per heavy atom. The third-order valence-corrected chi connectivity index (χ3v) is 4.60. The van der Waals surface area contributed by atoms with Crippen LogP contribution in [-0.4, -0.2) is 20.6 Å². The summed E-state index contributed by atoms with van der Waals surface area (Å²) in [7, 11) is 4.07. The molecule has 1 aromatic heterocycles. The van der Waals surface area contributed by atoms with E-state index in [1.54, 1.807) is 0 Å². The molecule has 0 saturated heterocycles. The van der Waals surface area contributed by atoms with Crippen molar-refractivity contribution in [2.45, 2.75) is 6.42 Å². The summed E-state index contributed by atoms with van der Waals surface area (Å²) < 4.78 is 1.21. The van der Waals surface area contributed by atoms with Crippen LogP contribution in [0.5, 0.6) is 0 Å². The van der Waals surface area contributed by atoms with E-state index in [1.807, 2.05) is 18.4 Å². The van der Waals surface area contributed by atoms with E-state index in [4.69, 9.17) is 0 Å². The van der Waals surface area contributed by atoms with Gasteiger partial charge in [-0.15, -0.1) is 11.3 Å². The lowest BCUT2D eigenvalue weighted by molar-refractivity contribution is 0.887. The topological polar surface area (TPSA) is 15.3 Å². The van der Waals surface area contributed by atoms with E-state index >= 15 is 0 Å². The van der Waals surface area contributed by atoms with Crippen molar-refractivity contribution in [3.05, 3.63) is 45.1 Å². The van der Waals surface area contributed by atoms with Gasteiger partial charge in [0.25, 0.3) is 0 Å². The molecule has 0 saturated carbocycles. The van der Waals surface area contributed by atoms with Gasteiger partial charge in [0.15, 0.2) is 0 Å². The van der Waals surface area contributed by atoms with Gasteiger partial charge in [-0.1, -0.05) is 0 Å². The van der Waals surface area contributed by atoms with Crippen molar-refractivity contribution >= 4 is 38.6 Å². The van der Waals surface area contributed by atoms with Crippen molar-refractivity contribution < 1.29 is 0 Å². The molecule has 0 bridgehead atoms. The minimum atomic E-state index is 1.03. The molecule has 2 nitrogen and oxygen atoms in total. The fraction of sp³-hybridized carbons (Fsp3) is 0.286. The first kappa shape index (κ1) is 13.4. The van der Waals surface area contributed by atoms with E-state index in [0.29, 0.717) is 0 Å². The third-order valence-electron chi connectivity index (χ3n) is 2.92. The van der Waals surface area contributed by atoms with Crippen LogP contribution in [0.15, 0.2) is 40.2 Å². The highest BCUT2D eigenvalue weighted by atomic mass is 79.9. The minimum Gasteiger partial charge on any atom is -0.388 e. The number of thiophene rings is 1. The molecule has 0 radical (unpaired) electrons. The van der Waals surface area contributed by atoms with Crippen LogP contribution in [-0.2, 0) is 6.42 Å². The lowest BCUT2D eigenvalue weighted by Crippen LogP contribution is -2.19. The maximum Gasteiger partial charge on any atom is 0.0701 e. The summed E-state index contributed by atoms with van der Waals surface area (Å²) >= 11 is 5.31. The molecule has 0 spiro atoms. The van der Waals surface area contributed by atoms with Crippen LogP contribution in [0.25, 0.3) is 0 Å². The van der Waals surface area contributed by atoms with Gasteiger partial charge < -0.3 is 10.2 Å². The highest BCUT2D eigenvalue weighted by Gasteiger charge is 2.03. The Morgan fingerprint density at radius 1 is 1.17 bits per heavy atom. The van der Waals surface area contributed by atoms with Gasteiger partial charge in [-0.2, -0.15) is 0 Å². The summed E-state index contributed by atoms with van der Waals surface area (Å²) in [5.74, 6) is 0. The number of halogens is 1. The lowest BCUT2D eigenvalue weighted by Gasteiger charge is -2.19. The summed E-state index contributed by atoms with van der Waals surface area (Å²) in [5.41, 5.74) is 2.40. The summed E-state index contributed by atoms with van der Waals surface area (Å²) in [6, 6.07) is 12.8. The predicted molar refractivity (Wildman–Crippen MR) is 85.0 cm³/mol. The quantitative estimate of drug-likeness (QED) is 0.885. The van der Waals surface area contributed by atoms with Gasteiger partial charge in [0.2, 0.25) is 0 Å². The largest absolute Gasteiger partial charge is 0.388 e. The van der Waals surface area contributed by atoms with Crippen LogP contribution in [0.4, 0.5) is 11.4 Å².